The molecule has 5 atom stereocenters. The minimum Gasteiger partial charge on any atom is -0.479 e. The molecule has 1 heterocycles. The fraction of sp³-hybridized carbons (Fsp3) is 0.667. The molecule has 7 nitrogen and oxygen atoms in total. The molecule has 0 saturated carbocycles. The first kappa shape index (κ1) is 24.5. The second kappa shape index (κ2) is 12.1. The van der Waals surface area contributed by atoms with E-state index in [0.29, 0.717) is 0 Å². The lowest BCUT2D eigenvalue weighted by atomic mass is 9.99. The summed E-state index contributed by atoms with van der Waals surface area (Å²) in [4.78, 5) is 11.1. The van der Waals surface area contributed by atoms with Crippen LogP contribution in [0.15, 0.2) is 34.9 Å². The second-order valence-electron chi connectivity index (χ2n) is 7.53. The maximum atomic E-state index is 11.1. The van der Waals surface area contributed by atoms with Gasteiger partial charge >= 0.3 is 5.97 Å². The Morgan fingerprint density at radius 3 is 2.04 bits per heavy atom. The highest BCUT2D eigenvalue weighted by Crippen LogP contribution is 2.22. The zero-order valence-electron chi connectivity index (χ0n) is 17.2. The van der Waals surface area contributed by atoms with Gasteiger partial charge in [-0.3, -0.25) is 0 Å². The summed E-state index contributed by atoms with van der Waals surface area (Å²) in [7, 11) is 0. The van der Waals surface area contributed by atoms with Crippen molar-refractivity contribution < 1.29 is 34.7 Å². The number of aliphatic hydroxyl groups is 3. The summed E-state index contributed by atoms with van der Waals surface area (Å²) in [6.07, 6.45) is 2.30. The zero-order valence-corrected chi connectivity index (χ0v) is 17.2. The standard InChI is InChI=1S/C21H34O7/c1-13(2)7-5-8-14(3)9-6-10-15(4)11-12-27-21-18(24)16(22)17(23)19(28-21)20(25)26/h7,9,11,16-19,21-24H,5-6,8,10,12H2,1-4H3,(H,25,26)/t16-,17-,18+,19-,21?/m0/s1. The van der Waals surface area contributed by atoms with Gasteiger partial charge in [-0.15, -0.1) is 0 Å². The monoisotopic (exact) mass is 398 g/mol. The van der Waals surface area contributed by atoms with E-state index in [4.69, 9.17) is 14.6 Å². The third-order valence-corrected chi connectivity index (χ3v) is 4.63. The average molecular weight is 398 g/mol. The molecule has 0 aromatic rings. The molecule has 1 aliphatic rings. The molecule has 1 aliphatic heterocycles. The van der Waals surface area contributed by atoms with E-state index >= 15 is 0 Å². The summed E-state index contributed by atoms with van der Waals surface area (Å²) < 4.78 is 10.4. The second-order valence-corrected chi connectivity index (χ2v) is 7.53. The summed E-state index contributed by atoms with van der Waals surface area (Å²) in [5.74, 6) is -1.43. The van der Waals surface area contributed by atoms with Crippen molar-refractivity contribution in [3.05, 3.63) is 34.9 Å². The van der Waals surface area contributed by atoms with Crippen molar-refractivity contribution in [2.75, 3.05) is 6.61 Å². The number of allylic oxidation sites excluding steroid dienone is 5. The van der Waals surface area contributed by atoms with Gasteiger partial charge < -0.3 is 29.9 Å². The molecule has 0 aliphatic carbocycles. The molecule has 160 valence electrons. The Hall–Kier alpha value is -1.51. The first-order valence-electron chi connectivity index (χ1n) is 9.62. The number of hydrogen-bond donors (Lipinski definition) is 4. The van der Waals surface area contributed by atoms with Gasteiger partial charge in [-0.05, 0) is 53.4 Å². The van der Waals surface area contributed by atoms with Crippen LogP contribution in [0.5, 0.6) is 0 Å². The van der Waals surface area contributed by atoms with E-state index in [9.17, 15) is 20.1 Å². The van der Waals surface area contributed by atoms with Crippen LogP contribution in [-0.4, -0.2) is 63.7 Å². The van der Waals surface area contributed by atoms with Crippen LogP contribution < -0.4 is 0 Å². The van der Waals surface area contributed by atoms with Crippen molar-refractivity contribution in [3.8, 4) is 0 Å². The summed E-state index contributed by atoms with van der Waals surface area (Å²) >= 11 is 0. The van der Waals surface area contributed by atoms with Crippen molar-refractivity contribution in [1.82, 2.24) is 0 Å². The zero-order chi connectivity index (χ0) is 21.3. The van der Waals surface area contributed by atoms with Crippen LogP contribution in [0.1, 0.15) is 53.4 Å². The van der Waals surface area contributed by atoms with Crippen molar-refractivity contribution >= 4 is 5.97 Å². The molecule has 0 amide bonds. The third kappa shape index (κ3) is 8.24. The number of ether oxygens (including phenoxy) is 2. The number of aliphatic carboxylic acids is 1. The number of hydrogen-bond acceptors (Lipinski definition) is 6. The number of aliphatic hydroxyl groups excluding tert-OH is 3. The van der Waals surface area contributed by atoms with Gasteiger partial charge in [0.05, 0.1) is 6.61 Å². The number of carboxylic acids is 1. The molecule has 28 heavy (non-hydrogen) atoms. The Morgan fingerprint density at radius 2 is 1.46 bits per heavy atom. The van der Waals surface area contributed by atoms with E-state index in [-0.39, 0.29) is 6.61 Å². The molecule has 0 aromatic heterocycles. The minimum absolute atomic E-state index is 0.103. The normalized spacial score (nSPS) is 28.9. The van der Waals surface area contributed by atoms with Crippen LogP contribution in [0.25, 0.3) is 0 Å². The maximum Gasteiger partial charge on any atom is 0.335 e. The molecule has 0 bridgehead atoms. The Morgan fingerprint density at radius 1 is 0.893 bits per heavy atom. The van der Waals surface area contributed by atoms with Gasteiger partial charge in [-0.1, -0.05) is 34.9 Å². The highest BCUT2D eigenvalue weighted by Gasteiger charge is 2.47. The molecular weight excluding hydrogens is 364 g/mol. The largest absolute Gasteiger partial charge is 0.479 e. The predicted octanol–water partition coefficient (Wildman–Crippen LogP) is 2.31. The van der Waals surface area contributed by atoms with Crippen molar-refractivity contribution in [1.29, 1.82) is 0 Å². The summed E-state index contributed by atoms with van der Waals surface area (Å²) in [6.45, 7) is 8.38. The molecule has 0 aromatic carbocycles. The highest BCUT2D eigenvalue weighted by molar-refractivity contribution is 5.73. The molecule has 1 rings (SSSR count). The summed E-state index contributed by atoms with van der Waals surface area (Å²) in [5.41, 5.74) is 3.77. The summed E-state index contributed by atoms with van der Waals surface area (Å²) in [5, 5.41) is 38.3. The van der Waals surface area contributed by atoms with Gasteiger partial charge in [0.25, 0.3) is 0 Å². The third-order valence-electron chi connectivity index (χ3n) is 4.63. The van der Waals surface area contributed by atoms with E-state index in [1.54, 1.807) is 0 Å². The van der Waals surface area contributed by atoms with Crippen LogP contribution in [0, 0.1) is 0 Å². The van der Waals surface area contributed by atoms with Crippen molar-refractivity contribution in [2.45, 2.75) is 84.1 Å². The van der Waals surface area contributed by atoms with Gasteiger partial charge in [0.2, 0.25) is 0 Å². The lowest BCUT2D eigenvalue weighted by Gasteiger charge is -2.38. The first-order chi connectivity index (χ1) is 13.1. The van der Waals surface area contributed by atoms with Crippen molar-refractivity contribution in [2.24, 2.45) is 0 Å². The minimum atomic E-state index is -1.71. The average Bonchev–Trinajstić information content (AvgIpc) is 2.61. The highest BCUT2D eigenvalue weighted by atomic mass is 16.7. The van der Waals surface area contributed by atoms with E-state index < -0.39 is 36.7 Å². The van der Waals surface area contributed by atoms with Gasteiger partial charge in [0.15, 0.2) is 12.4 Å². The lowest BCUT2D eigenvalue weighted by Crippen LogP contribution is -2.60. The number of carbonyl (C=O) groups is 1. The van der Waals surface area contributed by atoms with Crippen LogP contribution in [0.4, 0.5) is 0 Å². The first-order valence-corrected chi connectivity index (χ1v) is 9.62. The van der Waals surface area contributed by atoms with Crippen LogP contribution in [-0.2, 0) is 14.3 Å². The Labute approximate surface area is 167 Å². The van der Waals surface area contributed by atoms with Crippen molar-refractivity contribution in [3.63, 3.8) is 0 Å². The van der Waals surface area contributed by atoms with E-state index in [1.807, 2.05) is 13.0 Å². The molecule has 1 unspecified atom stereocenters. The Kier molecular flexibility index (Phi) is 10.6. The smallest absolute Gasteiger partial charge is 0.335 e. The van der Waals surface area contributed by atoms with Gasteiger partial charge in [0.1, 0.15) is 18.3 Å². The predicted molar refractivity (Wildman–Crippen MR) is 106 cm³/mol. The SMILES string of the molecule is CC(C)=CCCC(C)=CCCC(C)=CCOC1O[C@H](C(=O)O)[C@@H](O)[C@H](O)[C@H]1O. The van der Waals surface area contributed by atoms with Gasteiger partial charge in [0, 0.05) is 0 Å². The van der Waals surface area contributed by atoms with Crippen LogP contribution in [0.2, 0.25) is 0 Å². The van der Waals surface area contributed by atoms with Gasteiger partial charge in [-0.2, -0.15) is 0 Å². The lowest BCUT2D eigenvalue weighted by molar-refractivity contribution is -0.291. The fourth-order valence-corrected chi connectivity index (χ4v) is 2.81. The molecule has 7 heteroatoms. The maximum absolute atomic E-state index is 11.1. The number of rotatable bonds is 10. The van der Waals surface area contributed by atoms with Crippen LogP contribution >= 0.6 is 0 Å². The number of carboxylic acid groups (broad SMARTS) is 1. The van der Waals surface area contributed by atoms with Crippen LogP contribution in [0.3, 0.4) is 0 Å². The quantitative estimate of drug-likeness (QED) is 0.417. The molecule has 1 saturated heterocycles. The summed E-state index contributed by atoms with van der Waals surface area (Å²) in [6, 6.07) is 0. The van der Waals surface area contributed by atoms with Gasteiger partial charge in [-0.25, -0.2) is 4.79 Å². The molecule has 1 fully saturated rings. The van der Waals surface area contributed by atoms with E-state index in [0.717, 1.165) is 31.3 Å². The molecule has 0 radical (unpaired) electrons. The van der Waals surface area contributed by atoms with E-state index in [1.165, 1.54) is 11.1 Å². The topological polar surface area (TPSA) is 116 Å². The van der Waals surface area contributed by atoms with E-state index in [2.05, 4.69) is 32.9 Å². The molecular formula is C21H34O7. The Bertz CT molecular complexity index is 590. The molecule has 0 spiro atoms. The fourth-order valence-electron chi connectivity index (χ4n) is 2.81. The Balaban J connectivity index is 2.42. The molecule has 4 N–H and O–H groups in total.